The molecule has 1 aromatic carbocycles. The highest BCUT2D eigenvalue weighted by molar-refractivity contribution is 7.99. The lowest BCUT2D eigenvalue weighted by Crippen LogP contribution is -2.21. The molecule has 2 rings (SSSR count). The van der Waals surface area contributed by atoms with E-state index in [0.717, 1.165) is 17.7 Å². The fraction of sp³-hybridized carbons (Fsp3) is 0.467. The minimum absolute atomic E-state index is 0.164. The van der Waals surface area contributed by atoms with Crippen molar-refractivity contribution in [3.8, 4) is 0 Å². The monoisotopic (exact) mass is 306 g/mol. The number of nitrogens with zero attached hydrogens (tertiary/aromatic N) is 2. The lowest BCUT2D eigenvalue weighted by molar-refractivity contribution is 0.646. The zero-order valence-corrected chi connectivity index (χ0v) is 13.5. The van der Waals surface area contributed by atoms with E-state index in [4.69, 9.17) is 5.73 Å². The first-order valence-corrected chi connectivity index (χ1v) is 8.05. The maximum absolute atomic E-state index is 11.6. The SMILES string of the molecule is CCC(N)Cc1ccc(Sc2n[nH]c(=O)n2CC)c(C)c1. The number of aryl methyl sites for hydroxylation is 1. The molecule has 0 fully saturated rings. The molecule has 0 radical (unpaired) electrons. The lowest BCUT2D eigenvalue weighted by atomic mass is 10.0. The van der Waals surface area contributed by atoms with Gasteiger partial charge in [-0.15, -0.1) is 5.10 Å². The summed E-state index contributed by atoms with van der Waals surface area (Å²) in [6, 6.07) is 6.56. The number of hydrogen-bond donors (Lipinski definition) is 2. The summed E-state index contributed by atoms with van der Waals surface area (Å²) in [5.41, 5.74) is 8.27. The molecule has 1 aromatic heterocycles. The first-order chi connectivity index (χ1) is 10.0. The van der Waals surface area contributed by atoms with E-state index >= 15 is 0 Å². The van der Waals surface area contributed by atoms with Crippen LogP contribution in [0.4, 0.5) is 0 Å². The molecular formula is C15H22N4OS. The van der Waals surface area contributed by atoms with E-state index < -0.39 is 0 Å². The van der Waals surface area contributed by atoms with Crippen molar-refractivity contribution in [2.75, 3.05) is 0 Å². The van der Waals surface area contributed by atoms with E-state index in [0.29, 0.717) is 11.7 Å². The first kappa shape index (κ1) is 15.9. The molecule has 0 saturated heterocycles. The van der Waals surface area contributed by atoms with Gasteiger partial charge in [0.2, 0.25) is 0 Å². The van der Waals surface area contributed by atoms with Gasteiger partial charge in [0.05, 0.1) is 0 Å². The zero-order valence-electron chi connectivity index (χ0n) is 12.7. The van der Waals surface area contributed by atoms with E-state index in [2.05, 4.69) is 42.2 Å². The van der Waals surface area contributed by atoms with Gasteiger partial charge in [0.25, 0.3) is 0 Å². The Morgan fingerprint density at radius 2 is 2.19 bits per heavy atom. The number of hydrogen-bond acceptors (Lipinski definition) is 4. The van der Waals surface area contributed by atoms with Gasteiger partial charge in [-0.05, 0) is 55.6 Å². The Morgan fingerprint density at radius 1 is 1.43 bits per heavy atom. The van der Waals surface area contributed by atoms with Crippen molar-refractivity contribution in [1.82, 2.24) is 14.8 Å². The Kier molecular flexibility index (Phi) is 5.25. The molecule has 6 heteroatoms. The van der Waals surface area contributed by atoms with Gasteiger partial charge in [0.1, 0.15) is 0 Å². The van der Waals surface area contributed by atoms with Crippen molar-refractivity contribution in [3.63, 3.8) is 0 Å². The van der Waals surface area contributed by atoms with Crippen LogP contribution in [0, 0.1) is 6.92 Å². The van der Waals surface area contributed by atoms with Crippen molar-refractivity contribution in [1.29, 1.82) is 0 Å². The molecule has 1 atom stereocenters. The van der Waals surface area contributed by atoms with Gasteiger partial charge in [-0.3, -0.25) is 4.57 Å². The fourth-order valence-corrected chi connectivity index (χ4v) is 3.12. The van der Waals surface area contributed by atoms with Crippen LogP contribution in [0.25, 0.3) is 0 Å². The summed E-state index contributed by atoms with van der Waals surface area (Å²) < 4.78 is 1.63. The second-order valence-corrected chi connectivity index (χ2v) is 6.14. The standard InChI is InChI=1S/C15H22N4OS/c1-4-12(16)9-11-6-7-13(10(3)8-11)21-15-18-17-14(20)19(15)5-2/h6-8,12H,4-5,9,16H2,1-3H3,(H,17,20). The summed E-state index contributed by atoms with van der Waals surface area (Å²) in [6.07, 6.45) is 1.87. The summed E-state index contributed by atoms with van der Waals surface area (Å²) >= 11 is 1.51. The smallest absolute Gasteiger partial charge is 0.327 e. The highest BCUT2D eigenvalue weighted by Gasteiger charge is 2.11. The van der Waals surface area contributed by atoms with Crippen LogP contribution >= 0.6 is 11.8 Å². The molecular weight excluding hydrogens is 284 g/mol. The molecule has 114 valence electrons. The van der Waals surface area contributed by atoms with Crippen LogP contribution < -0.4 is 11.4 Å². The van der Waals surface area contributed by atoms with Crippen LogP contribution in [0.15, 0.2) is 33.0 Å². The van der Waals surface area contributed by atoms with E-state index in [9.17, 15) is 4.79 Å². The number of aromatic amines is 1. The van der Waals surface area contributed by atoms with Gasteiger partial charge in [-0.2, -0.15) is 0 Å². The minimum atomic E-state index is -0.164. The van der Waals surface area contributed by atoms with Gasteiger partial charge in [0, 0.05) is 17.5 Å². The van der Waals surface area contributed by atoms with Gasteiger partial charge in [0.15, 0.2) is 5.16 Å². The summed E-state index contributed by atoms with van der Waals surface area (Å²) in [7, 11) is 0. The number of aromatic nitrogens is 3. The second-order valence-electron chi connectivity index (χ2n) is 5.13. The van der Waals surface area contributed by atoms with E-state index in [1.54, 1.807) is 4.57 Å². The third-order valence-corrected chi connectivity index (χ3v) is 4.67. The molecule has 0 bridgehead atoms. The minimum Gasteiger partial charge on any atom is -0.327 e. The Labute approximate surface area is 128 Å². The second kappa shape index (κ2) is 6.95. The quantitative estimate of drug-likeness (QED) is 0.859. The Balaban J connectivity index is 2.19. The molecule has 0 saturated carbocycles. The lowest BCUT2D eigenvalue weighted by Gasteiger charge is -2.11. The molecule has 5 nitrogen and oxygen atoms in total. The number of nitrogens with two attached hydrogens (primary N) is 1. The first-order valence-electron chi connectivity index (χ1n) is 7.23. The third-order valence-electron chi connectivity index (χ3n) is 3.50. The van der Waals surface area contributed by atoms with Crippen LogP contribution in [0.1, 0.15) is 31.4 Å². The van der Waals surface area contributed by atoms with Crippen LogP contribution in [0.2, 0.25) is 0 Å². The van der Waals surface area contributed by atoms with Crippen molar-refractivity contribution in [3.05, 3.63) is 39.8 Å². The van der Waals surface area contributed by atoms with Crippen molar-refractivity contribution in [2.45, 2.75) is 56.3 Å². The summed E-state index contributed by atoms with van der Waals surface area (Å²) in [5.74, 6) is 0. The number of rotatable bonds is 6. The molecule has 0 aliphatic rings. The topological polar surface area (TPSA) is 76.7 Å². The van der Waals surface area contributed by atoms with Gasteiger partial charge < -0.3 is 5.73 Å². The average Bonchev–Trinajstić information content (AvgIpc) is 2.81. The molecule has 1 unspecified atom stereocenters. The van der Waals surface area contributed by atoms with Crippen molar-refractivity contribution in [2.24, 2.45) is 5.73 Å². The fourth-order valence-electron chi connectivity index (χ4n) is 2.16. The van der Waals surface area contributed by atoms with Crippen molar-refractivity contribution < 1.29 is 0 Å². The summed E-state index contributed by atoms with van der Waals surface area (Å²) in [4.78, 5) is 12.7. The van der Waals surface area contributed by atoms with Crippen LogP contribution in [-0.2, 0) is 13.0 Å². The Morgan fingerprint density at radius 3 is 2.81 bits per heavy atom. The molecule has 21 heavy (non-hydrogen) atoms. The third kappa shape index (κ3) is 3.77. The van der Waals surface area contributed by atoms with Gasteiger partial charge in [-0.25, -0.2) is 9.89 Å². The van der Waals surface area contributed by atoms with Gasteiger partial charge >= 0.3 is 5.69 Å². The van der Waals surface area contributed by atoms with E-state index in [1.165, 1.54) is 22.9 Å². The van der Waals surface area contributed by atoms with Crippen LogP contribution in [0.3, 0.4) is 0 Å². The predicted octanol–water partition coefficient (Wildman–Crippen LogP) is 2.33. The van der Waals surface area contributed by atoms with Gasteiger partial charge in [-0.1, -0.05) is 19.1 Å². The van der Waals surface area contributed by atoms with E-state index in [-0.39, 0.29) is 11.7 Å². The van der Waals surface area contributed by atoms with Crippen LogP contribution in [-0.4, -0.2) is 20.8 Å². The number of H-pyrrole nitrogens is 1. The zero-order chi connectivity index (χ0) is 15.4. The highest BCUT2D eigenvalue weighted by atomic mass is 32.2. The van der Waals surface area contributed by atoms with Crippen LogP contribution in [0.5, 0.6) is 0 Å². The van der Waals surface area contributed by atoms with E-state index in [1.807, 2.05) is 6.92 Å². The maximum atomic E-state index is 11.6. The molecule has 0 spiro atoms. The molecule has 0 amide bonds. The van der Waals surface area contributed by atoms with Crippen molar-refractivity contribution >= 4 is 11.8 Å². The number of nitrogens with one attached hydrogen (secondary N) is 1. The molecule has 0 aliphatic heterocycles. The Bertz CT molecular complexity index is 662. The Hall–Kier alpha value is -1.53. The normalized spacial score (nSPS) is 12.6. The highest BCUT2D eigenvalue weighted by Crippen LogP contribution is 2.29. The summed E-state index contributed by atoms with van der Waals surface area (Å²) in [5, 5.41) is 7.27. The largest absolute Gasteiger partial charge is 0.343 e. The summed E-state index contributed by atoms with van der Waals surface area (Å²) in [6.45, 7) is 6.72. The predicted molar refractivity (Wildman–Crippen MR) is 85.8 cm³/mol. The average molecular weight is 306 g/mol. The molecule has 3 N–H and O–H groups in total. The molecule has 0 aliphatic carbocycles. The number of benzene rings is 1. The molecule has 1 heterocycles. The molecule has 2 aromatic rings. The maximum Gasteiger partial charge on any atom is 0.343 e.